The van der Waals surface area contributed by atoms with Gasteiger partial charge in [-0.3, -0.25) is 0 Å². The van der Waals surface area contributed by atoms with Gasteiger partial charge >= 0.3 is 5.97 Å². The van der Waals surface area contributed by atoms with Crippen molar-refractivity contribution >= 4 is 5.97 Å². The van der Waals surface area contributed by atoms with Crippen molar-refractivity contribution in [3.05, 3.63) is 65.2 Å². The molecule has 4 nitrogen and oxygen atoms in total. The van der Waals surface area contributed by atoms with Gasteiger partial charge in [0.15, 0.2) is 0 Å². The Hall–Kier alpha value is -2.17. The summed E-state index contributed by atoms with van der Waals surface area (Å²) < 4.78 is 15.8. The van der Waals surface area contributed by atoms with Crippen LogP contribution in [0.5, 0.6) is 5.75 Å². The van der Waals surface area contributed by atoms with Crippen LogP contribution in [-0.2, 0) is 9.47 Å². The second-order valence-electron chi connectivity index (χ2n) is 5.22. The first-order valence-corrected chi connectivity index (χ1v) is 6.95. The van der Waals surface area contributed by atoms with Gasteiger partial charge in [-0.1, -0.05) is 24.3 Å². The first kappa shape index (κ1) is 12.6. The molecule has 2 atom stereocenters. The highest BCUT2D eigenvalue weighted by molar-refractivity contribution is 5.91. The number of hydrogen-bond donors (Lipinski definition) is 0. The number of hydrogen-bond acceptors (Lipinski definition) is 4. The molecule has 0 amide bonds. The lowest BCUT2D eigenvalue weighted by Crippen LogP contribution is -2.08. The first-order valence-electron chi connectivity index (χ1n) is 6.95. The van der Waals surface area contributed by atoms with Crippen molar-refractivity contribution in [1.82, 2.24) is 0 Å². The van der Waals surface area contributed by atoms with Gasteiger partial charge < -0.3 is 14.2 Å². The summed E-state index contributed by atoms with van der Waals surface area (Å²) in [6, 6.07) is 14.8. The topological polar surface area (TPSA) is 51.4 Å². The molecule has 0 saturated carbocycles. The molecule has 0 N–H and O–H groups in total. The molecule has 21 heavy (non-hydrogen) atoms. The van der Waals surface area contributed by atoms with Gasteiger partial charge in [-0.05, 0) is 35.4 Å². The van der Waals surface area contributed by atoms with Crippen molar-refractivity contribution in [1.29, 1.82) is 0 Å². The number of carbonyl (C=O) groups excluding carboxylic acids is 1. The van der Waals surface area contributed by atoms with Crippen molar-refractivity contribution in [2.24, 2.45) is 0 Å². The maximum absolute atomic E-state index is 12.1. The average molecular weight is 282 g/mol. The molecular formula is C17H14O4. The molecule has 2 saturated heterocycles. The van der Waals surface area contributed by atoms with E-state index in [0.29, 0.717) is 11.3 Å². The summed E-state index contributed by atoms with van der Waals surface area (Å²) in [5.41, 5.74) is 2.75. The number of epoxide rings is 2. The fourth-order valence-electron chi connectivity index (χ4n) is 2.23. The second kappa shape index (κ2) is 4.98. The molecule has 0 aromatic heterocycles. The van der Waals surface area contributed by atoms with Crippen LogP contribution in [0, 0.1) is 0 Å². The van der Waals surface area contributed by atoms with E-state index in [1.807, 2.05) is 24.3 Å². The van der Waals surface area contributed by atoms with Crippen molar-refractivity contribution in [3.63, 3.8) is 0 Å². The van der Waals surface area contributed by atoms with E-state index in [0.717, 1.165) is 24.3 Å². The maximum Gasteiger partial charge on any atom is 0.343 e. The van der Waals surface area contributed by atoms with Gasteiger partial charge in [0.25, 0.3) is 0 Å². The van der Waals surface area contributed by atoms with E-state index >= 15 is 0 Å². The number of carbonyl (C=O) groups is 1. The molecule has 2 aliphatic rings. The van der Waals surface area contributed by atoms with Crippen molar-refractivity contribution in [3.8, 4) is 5.75 Å². The molecule has 0 aliphatic carbocycles. The van der Waals surface area contributed by atoms with E-state index in [1.54, 1.807) is 24.3 Å². The molecule has 0 bridgehead atoms. The third-order valence-corrected chi connectivity index (χ3v) is 3.65. The van der Waals surface area contributed by atoms with Gasteiger partial charge in [0.05, 0.1) is 18.8 Å². The second-order valence-corrected chi connectivity index (χ2v) is 5.22. The smallest absolute Gasteiger partial charge is 0.343 e. The highest BCUT2D eigenvalue weighted by Crippen LogP contribution is 2.31. The quantitative estimate of drug-likeness (QED) is 0.491. The molecule has 2 aliphatic heterocycles. The summed E-state index contributed by atoms with van der Waals surface area (Å²) in [5.74, 6) is 0.188. The van der Waals surface area contributed by atoms with E-state index in [1.165, 1.54) is 0 Å². The van der Waals surface area contributed by atoms with Gasteiger partial charge in [0.1, 0.15) is 18.0 Å². The number of ether oxygens (including phenoxy) is 3. The summed E-state index contributed by atoms with van der Waals surface area (Å²) >= 11 is 0. The van der Waals surface area contributed by atoms with Crippen LogP contribution in [0.25, 0.3) is 0 Å². The van der Waals surface area contributed by atoms with E-state index in [9.17, 15) is 4.79 Å². The zero-order valence-electron chi connectivity index (χ0n) is 11.3. The minimum Gasteiger partial charge on any atom is -0.423 e. The minimum atomic E-state index is -0.353. The fraction of sp³-hybridized carbons (Fsp3) is 0.235. The summed E-state index contributed by atoms with van der Waals surface area (Å²) in [6.07, 6.45) is 0.416. The molecule has 2 unspecified atom stereocenters. The molecule has 2 aromatic carbocycles. The van der Waals surface area contributed by atoms with E-state index in [2.05, 4.69) is 0 Å². The van der Waals surface area contributed by atoms with Crippen LogP contribution in [0.4, 0.5) is 0 Å². The Kier molecular flexibility index (Phi) is 2.98. The zero-order valence-corrected chi connectivity index (χ0v) is 11.3. The molecule has 4 rings (SSSR count). The Morgan fingerprint density at radius 2 is 1.33 bits per heavy atom. The van der Waals surface area contributed by atoms with E-state index in [4.69, 9.17) is 14.2 Å². The van der Waals surface area contributed by atoms with Gasteiger partial charge in [-0.2, -0.15) is 0 Å². The Bertz CT molecular complexity index is 652. The Morgan fingerprint density at radius 1 is 0.857 bits per heavy atom. The van der Waals surface area contributed by atoms with Crippen LogP contribution >= 0.6 is 0 Å². The average Bonchev–Trinajstić information content (AvgIpc) is 3.41. The highest BCUT2D eigenvalue weighted by atomic mass is 16.6. The van der Waals surface area contributed by atoms with Crippen LogP contribution in [0.1, 0.15) is 33.7 Å². The number of rotatable bonds is 4. The van der Waals surface area contributed by atoms with Gasteiger partial charge in [-0.25, -0.2) is 4.79 Å². The molecule has 4 heteroatoms. The van der Waals surface area contributed by atoms with Crippen LogP contribution < -0.4 is 4.74 Å². The number of esters is 1. The lowest BCUT2D eigenvalue weighted by molar-refractivity contribution is 0.0734. The summed E-state index contributed by atoms with van der Waals surface area (Å²) in [6.45, 7) is 1.54. The molecule has 2 fully saturated rings. The summed E-state index contributed by atoms with van der Waals surface area (Å²) in [4.78, 5) is 12.1. The van der Waals surface area contributed by atoms with Gasteiger partial charge in [-0.15, -0.1) is 0 Å². The van der Waals surface area contributed by atoms with Crippen LogP contribution in [-0.4, -0.2) is 19.2 Å². The van der Waals surface area contributed by atoms with Gasteiger partial charge in [0.2, 0.25) is 0 Å². The van der Waals surface area contributed by atoms with Crippen LogP contribution in [0.3, 0.4) is 0 Å². The lowest BCUT2D eigenvalue weighted by atomic mass is 10.1. The highest BCUT2D eigenvalue weighted by Gasteiger charge is 2.25. The predicted octanol–water partition coefficient (Wildman–Crippen LogP) is 3.05. The van der Waals surface area contributed by atoms with Crippen LogP contribution in [0.15, 0.2) is 48.5 Å². The summed E-state index contributed by atoms with van der Waals surface area (Å²) in [7, 11) is 0. The third kappa shape index (κ3) is 2.82. The molecule has 0 radical (unpaired) electrons. The fourth-order valence-corrected chi connectivity index (χ4v) is 2.23. The third-order valence-electron chi connectivity index (χ3n) is 3.65. The van der Waals surface area contributed by atoms with Gasteiger partial charge in [0, 0.05) is 0 Å². The van der Waals surface area contributed by atoms with E-state index in [-0.39, 0.29) is 18.2 Å². The molecule has 2 heterocycles. The monoisotopic (exact) mass is 282 g/mol. The normalized spacial score (nSPS) is 22.7. The Labute approximate surface area is 122 Å². The molecule has 0 spiro atoms. The SMILES string of the molecule is O=C(Oc1ccc(C2CO2)cc1)c1ccc(C2CO2)cc1. The van der Waals surface area contributed by atoms with Crippen molar-refractivity contribution in [2.75, 3.05) is 13.2 Å². The predicted molar refractivity (Wildman–Crippen MR) is 75.2 cm³/mol. The zero-order chi connectivity index (χ0) is 14.2. The number of benzene rings is 2. The molecule has 106 valence electrons. The van der Waals surface area contributed by atoms with Crippen molar-refractivity contribution < 1.29 is 19.0 Å². The Balaban J connectivity index is 1.43. The minimum absolute atomic E-state index is 0.201. The van der Waals surface area contributed by atoms with Crippen LogP contribution in [0.2, 0.25) is 0 Å². The summed E-state index contributed by atoms with van der Waals surface area (Å²) in [5, 5.41) is 0. The maximum atomic E-state index is 12.1. The lowest BCUT2D eigenvalue weighted by Gasteiger charge is -2.05. The largest absolute Gasteiger partial charge is 0.423 e. The van der Waals surface area contributed by atoms with E-state index < -0.39 is 0 Å². The van der Waals surface area contributed by atoms with Crippen molar-refractivity contribution in [2.45, 2.75) is 12.2 Å². The molecular weight excluding hydrogens is 268 g/mol. The first-order chi connectivity index (χ1) is 10.3. The standard InChI is InChI=1S/C17H14O4/c18-17(13-3-1-11(2-4-13)15-9-19-15)21-14-7-5-12(6-8-14)16-10-20-16/h1-8,15-16H,9-10H2. The Morgan fingerprint density at radius 3 is 1.81 bits per heavy atom. The molecule has 2 aromatic rings.